The molecule has 2 aliphatic heterocycles. The van der Waals surface area contributed by atoms with Gasteiger partial charge in [0.15, 0.2) is 11.6 Å². The minimum atomic E-state index is -1.68. The van der Waals surface area contributed by atoms with Crippen molar-refractivity contribution in [2.45, 2.75) is 121 Å². The zero-order chi connectivity index (χ0) is 28.8. The zero-order valence-corrected chi connectivity index (χ0v) is 25.2. The number of alkyl halides is 1. The van der Waals surface area contributed by atoms with Crippen LogP contribution in [0.4, 0.5) is 0 Å². The molecule has 6 fully saturated rings. The number of rotatable bonds is 2. The van der Waals surface area contributed by atoms with Crippen LogP contribution < -0.4 is 0 Å². The average Bonchev–Trinajstić information content (AvgIpc) is 3.06. The van der Waals surface area contributed by atoms with E-state index in [2.05, 4.69) is 20.8 Å². The van der Waals surface area contributed by atoms with Crippen LogP contribution in [0.1, 0.15) is 92.9 Å². The summed E-state index contributed by atoms with van der Waals surface area (Å²) in [6.07, 6.45) is 11.5. The second-order valence-corrected chi connectivity index (χ2v) is 15.3. The minimum Gasteiger partial charge on any atom is -0.391 e. The van der Waals surface area contributed by atoms with Gasteiger partial charge in [0.05, 0.1) is 22.2 Å². The van der Waals surface area contributed by atoms with Crippen molar-refractivity contribution in [2.24, 2.45) is 34.5 Å². The Kier molecular flexibility index (Phi) is 6.96. The Morgan fingerprint density at radius 1 is 1.10 bits per heavy atom. The lowest BCUT2D eigenvalue weighted by molar-refractivity contribution is -0.229. The first kappa shape index (κ1) is 29.4. The highest BCUT2D eigenvalue weighted by atomic mass is 35.5. The smallest absolute Gasteiger partial charge is 0.190 e. The van der Waals surface area contributed by atoms with E-state index in [1.165, 1.54) is 31.8 Å². The van der Waals surface area contributed by atoms with Crippen LogP contribution in [0, 0.1) is 34.5 Å². The molecule has 6 nitrogen and oxygen atoms in total. The fraction of sp³-hybridized carbons (Fsp3) is 0.812. The number of carbonyl (C=O) groups is 2. The molecule has 4 saturated carbocycles. The summed E-state index contributed by atoms with van der Waals surface area (Å²) in [5, 5.41) is 32.3. The van der Waals surface area contributed by atoms with E-state index < -0.39 is 39.8 Å². The molecule has 0 aromatic carbocycles. The number of ketones is 2. The molecular weight excluding hydrogens is 516 g/mol. The van der Waals surface area contributed by atoms with E-state index in [4.69, 9.17) is 16.3 Å². The highest BCUT2D eigenvalue weighted by molar-refractivity contribution is 6.26. The van der Waals surface area contributed by atoms with E-state index in [0.717, 1.165) is 11.5 Å². The Labute approximate surface area is 238 Å². The molecule has 39 heavy (non-hydrogen) atoms. The minimum absolute atomic E-state index is 0.0567. The average molecular weight is 563 g/mol. The lowest BCUT2D eigenvalue weighted by atomic mass is 9.45. The fourth-order valence-corrected chi connectivity index (χ4v) is 10.5. The van der Waals surface area contributed by atoms with Gasteiger partial charge in [0.25, 0.3) is 0 Å². The van der Waals surface area contributed by atoms with E-state index in [0.29, 0.717) is 19.3 Å². The van der Waals surface area contributed by atoms with Crippen LogP contribution in [-0.4, -0.2) is 61.3 Å². The maximum Gasteiger partial charge on any atom is 0.190 e. The topological polar surface area (TPSA) is 104 Å². The number of aliphatic hydroxyl groups is 3. The number of hydrogen-bond donors (Lipinski definition) is 3. The molecule has 218 valence electrons. The van der Waals surface area contributed by atoms with Crippen molar-refractivity contribution in [3.8, 4) is 0 Å². The number of aliphatic hydroxyl groups excluding tert-OH is 2. The van der Waals surface area contributed by atoms with Crippen LogP contribution in [0.5, 0.6) is 0 Å². The quantitative estimate of drug-likeness (QED) is 0.413. The predicted octanol–water partition coefficient (Wildman–Crippen LogP) is 4.91. The van der Waals surface area contributed by atoms with Crippen molar-refractivity contribution in [1.82, 2.24) is 0 Å². The summed E-state index contributed by atoms with van der Waals surface area (Å²) >= 11 is 7.30. The van der Waals surface area contributed by atoms with Crippen molar-refractivity contribution in [3.63, 3.8) is 0 Å². The predicted molar refractivity (Wildman–Crippen MR) is 150 cm³/mol. The Balaban J connectivity index is 0.000000233. The van der Waals surface area contributed by atoms with Crippen LogP contribution in [0.2, 0.25) is 0 Å². The van der Waals surface area contributed by atoms with Crippen LogP contribution in [0.15, 0.2) is 23.8 Å². The van der Waals surface area contributed by atoms with Gasteiger partial charge in [-0.2, -0.15) is 0 Å². The molecule has 0 unspecified atom stereocenters. The third kappa shape index (κ3) is 3.95. The van der Waals surface area contributed by atoms with Gasteiger partial charge >= 0.3 is 0 Å². The monoisotopic (exact) mass is 562 g/mol. The molecule has 0 spiro atoms. The highest BCUT2D eigenvalue weighted by Gasteiger charge is 2.74. The third-order valence-electron chi connectivity index (χ3n) is 12.3. The van der Waals surface area contributed by atoms with Crippen molar-refractivity contribution >= 4 is 23.2 Å². The Morgan fingerprint density at radius 2 is 1.74 bits per heavy atom. The van der Waals surface area contributed by atoms with E-state index in [1.807, 2.05) is 26.8 Å². The normalized spacial score (nSPS) is 51.2. The van der Waals surface area contributed by atoms with Crippen LogP contribution >= 0.6 is 11.6 Å². The number of fused-ring (bicyclic) bond motifs is 8. The van der Waals surface area contributed by atoms with Gasteiger partial charge in [-0.25, -0.2) is 0 Å². The molecule has 0 aromatic heterocycles. The second-order valence-electron chi connectivity index (χ2n) is 14.7. The van der Waals surface area contributed by atoms with Crippen molar-refractivity contribution < 1.29 is 29.6 Å². The van der Waals surface area contributed by atoms with Crippen LogP contribution in [0.3, 0.4) is 0 Å². The van der Waals surface area contributed by atoms with Crippen molar-refractivity contribution in [1.29, 1.82) is 0 Å². The molecular formula is C32H47ClO6. The van der Waals surface area contributed by atoms with Gasteiger partial charge in [0.2, 0.25) is 0 Å². The molecule has 3 N–H and O–H groups in total. The third-order valence-corrected chi connectivity index (χ3v) is 13.3. The molecule has 2 bridgehead atoms. The summed E-state index contributed by atoms with van der Waals surface area (Å²) in [6, 6.07) is 0. The largest absolute Gasteiger partial charge is 0.391 e. The first-order valence-electron chi connectivity index (χ1n) is 14.9. The molecule has 2 saturated heterocycles. The van der Waals surface area contributed by atoms with E-state index in [1.54, 1.807) is 6.08 Å². The number of ether oxygens (including phenoxy) is 1. The maximum absolute atomic E-state index is 12.6. The summed E-state index contributed by atoms with van der Waals surface area (Å²) in [6.45, 7) is 11.7. The summed E-state index contributed by atoms with van der Waals surface area (Å²) in [7, 11) is 0. The van der Waals surface area contributed by atoms with Gasteiger partial charge in [-0.15, -0.1) is 11.6 Å². The molecule has 8 atom stereocenters. The fourth-order valence-electron chi connectivity index (χ4n) is 10.0. The van der Waals surface area contributed by atoms with Gasteiger partial charge in [-0.05, 0) is 108 Å². The number of allylic oxidation sites excluding steroid dienone is 4. The van der Waals surface area contributed by atoms with E-state index in [9.17, 15) is 24.9 Å². The summed E-state index contributed by atoms with van der Waals surface area (Å²) in [4.78, 5) is 23.5. The molecule has 7 heteroatoms. The standard InChI is InChI=1S/C22H29ClO5.C10H18O/c1-12-8-16-15-5-4-13-9-14(25)6-7-19(13,2)21(15,23)17(26)10-20(16,3)22(12,28)18(27)11-24;1-9(2)8-4-6-10(3,11-9)7-5-8/h6-7,9,12,15-17,24,26,28H,4-5,8,10-11H2,1-3H3;8H,4-7H2,1-3H3/t12-,15-,16-,17-,19-,20-,21-,22-;/m0./s1. The lowest BCUT2D eigenvalue weighted by Crippen LogP contribution is -2.69. The Bertz CT molecular complexity index is 1100. The molecule has 7 aliphatic rings. The van der Waals surface area contributed by atoms with E-state index in [-0.39, 0.29) is 41.2 Å². The van der Waals surface area contributed by atoms with Gasteiger partial charge in [-0.1, -0.05) is 32.4 Å². The SMILES string of the molecule is CC12CCC(CC1)C(C)(C)O2.C[C@H]1C[C@H]2[C@@H]3CCC4=CC(=O)C=C[C@]4(C)[C@@]3(Cl)[C@@H](O)C[C@]2(C)[C@@]1(O)C(=O)CO. The first-order chi connectivity index (χ1) is 18.0. The molecule has 5 aliphatic carbocycles. The molecule has 7 rings (SSSR count). The van der Waals surface area contributed by atoms with Crippen molar-refractivity contribution in [3.05, 3.63) is 23.8 Å². The van der Waals surface area contributed by atoms with E-state index >= 15 is 0 Å². The van der Waals surface area contributed by atoms with Gasteiger partial charge in [0, 0.05) is 10.8 Å². The first-order valence-corrected chi connectivity index (χ1v) is 15.2. The highest BCUT2D eigenvalue weighted by Crippen LogP contribution is 2.71. The molecule has 2 heterocycles. The number of hydrogen-bond acceptors (Lipinski definition) is 6. The number of Topliss-reactive ketones (excluding diaryl/α,β-unsaturated/α-hetero) is 1. The maximum atomic E-state index is 12.6. The summed E-state index contributed by atoms with van der Waals surface area (Å²) in [5.74, 6) is -0.325. The molecule has 0 aromatic rings. The van der Waals surface area contributed by atoms with Crippen molar-refractivity contribution in [2.75, 3.05) is 6.61 Å². The zero-order valence-electron chi connectivity index (χ0n) is 24.4. The van der Waals surface area contributed by atoms with Gasteiger partial charge in [-0.3, -0.25) is 9.59 Å². The number of carbonyl (C=O) groups excluding carboxylic acids is 2. The van der Waals surface area contributed by atoms with Crippen LogP contribution in [0.25, 0.3) is 0 Å². The lowest BCUT2D eigenvalue weighted by Gasteiger charge is -2.63. The molecule has 0 radical (unpaired) electrons. The molecule has 0 amide bonds. The van der Waals surface area contributed by atoms with Crippen LogP contribution in [-0.2, 0) is 14.3 Å². The Morgan fingerprint density at radius 3 is 2.28 bits per heavy atom. The summed E-state index contributed by atoms with van der Waals surface area (Å²) in [5.41, 5.74) is -1.87. The number of halogens is 1. The summed E-state index contributed by atoms with van der Waals surface area (Å²) < 4.78 is 6.06. The van der Waals surface area contributed by atoms with Gasteiger partial charge < -0.3 is 20.1 Å². The van der Waals surface area contributed by atoms with Gasteiger partial charge in [0.1, 0.15) is 12.2 Å². The second kappa shape index (κ2) is 9.22. The Hall–Kier alpha value is -1.05.